The van der Waals surface area contributed by atoms with Crippen LogP contribution in [0.15, 0.2) is 22.5 Å². The lowest BCUT2D eigenvalue weighted by Crippen LogP contribution is -2.55. The van der Waals surface area contributed by atoms with E-state index >= 15 is 0 Å². The van der Waals surface area contributed by atoms with Gasteiger partial charge in [0.1, 0.15) is 6.61 Å². The minimum absolute atomic E-state index is 0.0586. The summed E-state index contributed by atoms with van der Waals surface area (Å²) in [6, 6.07) is 0.109. The summed E-state index contributed by atoms with van der Waals surface area (Å²) in [6.45, 7) is 1.92. The Kier molecular flexibility index (Phi) is 4.29. The van der Waals surface area contributed by atoms with E-state index in [9.17, 15) is 14.4 Å². The molecule has 26 heavy (non-hydrogen) atoms. The molecule has 0 bridgehead atoms. The van der Waals surface area contributed by atoms with E-state index < -0.39 is 23.5 Å². The molecule has 3 aliphatic heterocycles. The Balaban J connectivity index is 0.000000948. The number of Topliss-reactive ketones (excluding diaryl/α,β-unsaturated/α-hetero) is 2. The third-order valence-electron chi connectivity index (χ3n) is 5.47. The van der Waals surface area contributed by atoms with Crippen LogP contribution in [-0.4, -0.2) is 67.7 Å². The van der Waals surface area contributed by atoms with Crippen LogP contribution < -0.4 is 22.5 Å². The van der Waals surface area contributed by atoms with Gasteiger partial charge in [-0.15, -0.1) is 0 Å². The van der Waals surface area contributed by atoms with Gasteiger partial charge < -0.3 is 36.9 Å². The number of carbonyl (C=O) groups is 3. The zero-order valence-corrected chi connectivity index (χ0v) is 14.9. The topological polar surface area (TPSA) is 173 Å². The van der Waals surface area contributed by atoms with E-state index in [1.165, 1.54) is 21.1 Å². The van der Waals surface area contributed by atoms with Gasteiger partial charge in [0.15, 0.2) is 5.72 Å². The van der Waals surface area contributed by atoms with Crippen molar-refractivity contribution >= 4 is 17.7 Å². The SMILES string of the molecule is CN.CO[C@@]12[C@H](COC(N)=O)C3=C(C(=O)C(C)=C(N)C3=O)N1C[C@@H]1N[C@@H]12. The lowest BCUT2D eigenvalue weighted by atomic mass is 9.82. The first-order valence-corrected chi connectivity index (χ1v) is 8.23. The number of fused-ring (bicyclic) bond motifs is 4. The van der Waals surface area contributed by atoms with Gasteiger partial charge >= 0.3 is 6.09 Å². The van der Waals surface area contributed by atoms with Gasteiger partial charge in [0.25, 0.3) is 0 Å². The highest BCUT2D eigenvalue weighted by Gasteiger charge is 2.72. The number of ether oxygens (including phenoxy) is 2. The molecule has 10 nitrogen and oxygen atoms in total. The molecular weight excluding hydrogens is 342 g/mol. The van der Waals surface area contributed by atoms with Gasteiger partial charge in [-0.25, -0.2) is 4.79 Å². The standard InChI is InChI=1S/C15H18N4O5.CH5N/c1-5-9(16)12(21)8-6(4-24-14(17)22)15(23-2)13-7(18-13)3-19(15)10(8)11(5)20;1-2/h6-7,13,18H,3-4,16H2,1-2H3,(H2,17,22);2H2,1H3/t6-,7+,13+,15-;/m1./s1. The third kappa shape index (κ3) is 2.12. The second-order valence-corrected chi connectivity index (χ2v) is 6.46. The fourth-order valence-electron chi connectivity index (χ4n) is 4.31. The first-order chi connectivity index (χ1) is 12.3. The minimum Gasteiger partial charge on any atom is -0.449 e. The van der Waals surface area contributed by atoms with E-state index in [0.29, 0.717) is 12.2 Å². The highest BCUT2D eigenvalue weighted by atomic mass is 16.6. The van der Waals surface area contributed by atoms with Crippen molar-refractivity contribution in [1.82, 2.24) is 10.2 Å². The molecule has 142 valence electrons. The molecule has 1 aliphatic carbocycles. The van der Waals surface area contributed by atoms with Gasteiger partial charge in [-0.3, -0.25) is 9.59 Å². The molecule has 4 aliphatic rings. The number of amides is 1. The number of hydrogen-bond donors (Lipinski definition) is 4. The molecule has 7 N–H and O–H groups in total. The second kappa shape index (κ2) is 6.08. The van der Waals surface area contributed by atoms with Crippen LogP contribution in [0, 0.1) is 5.92 Å². The molecule has 2 saturated heterocycles. The normalized spacial score (nSPS) is 34.2. The van der Waals surface area contributed by atoms with Crippen LogP contribution in [0.4, 0.5) is 4.79 Å². The van der Waals surface area contributed by atoms with Crippen LogP contribution in [0.25, 0.3) is 0 Å². The molecule has 4 atom stereocenters. The van der Waals surface area contributed by atoms with Gasteiger partial charge in [-0.1, -0.05) is 0 Å². The first-order valence-electron chi connectivity index (χ1n) is 8.23. The lowest BCUT2D eigenvalue weighted by molar-refractivity contribution is -0.137. The van der Waals surface area contributed by atoms with Crippen LogP contribution in [0.1, 0.15) is 6.92 Å². The van der Waals surface area contributed by atoms with Crippen LogP contribution >= 0.6 is 0 Å². The molecule has 0 radical (unpaired) electrons. The van der Waals surface area contributed by atoms with Crippen LogP contribution in [0.5, 0.6) is 0 Å². The van der Waals surface area contributed by atoms with Crippen molar-refractivity contribution in [3.8, 4) is 0 Å². The van der Waals surface area contributed by atoms with Crippen LogP contribution in [0.2, 0.25) is 0 Å². The predicted molar refractivity (Wildman–Crippen MR) is 90.2 cm³/mol. The van der Waals surface area contributed by atoms with Crippen molar-refractivity contribution in [3.05, 3.63) is 22.5 Å². The summed E-state index contributed by atoms with van der Waals surface area (Å²) in [5.74, 6) is -1.34. The molecule has 2 fully saturated rings. The average Bonchev–Trinajstić information content (AvgIpc) is 3.24. The Morgan fingerprint density at radius 3 is 2.58 bits per heavy atom. The van der Waals surface area contributed by atoms with E-state index in [2.05, 4.69) is 11.1 Å². The quantitative estimate of drug-likeness (QED) is 0.323. The maximum absolute atomic E-state index is 12.8. The van der Waals surface area contributed by atoms with Crippen LogP contribution in [0.3, 0.4) is 0 Å². The molecule has 0 unspecified atom stereocenters. The zero-order valence-electron chi connectivity index (χ0n) is 14.9. The van der Waals surface area contributed by atoms with Crippen molar-refractivity contribution in [1.29, 1.82) is 0 Å². The summed E-state index contributed by atoms with van der Waals surface area (Å²) in [6.07, 6.45) is -0.950. The fraction of sp³-hybridized carbons (Fsp3) is 0.562. The maximum Gasteiger partial charge on any atom is 0.404 e. The summed E-state index contributed by atoms with van der Waals surface area (Å²) in [4.78, 5) is 38.4. The summed E-state index contributed by atoms with van der Waals surface area (Å²) >= 11 is 0. The molecule has 0 spiro atoms. The number of piperazine rings is 1. The van der Waals surface area contributed by atoms with E-state index in [0.717, 1.165) is 0 Å². The number of hydrogen-bond acceptors (Lipinski definition) is 9. The second-order valence-electron chi connectivity index (χ2n) is 6.46. The van der Waals surface area contributed by atoms with E-state index in [4.69, 9.17) is 20.9 Å². The smallest absolute Gasteiger partial charge is 0.404 e. The third-order valence-corrected chi connectivity index (χ3v) is 5.47. The highest BCUT2D eigenvalue weighted by molar-refractivity contribution is 6.25. The van der Waals surface area contributed by atoms with Crippen molar-refractivity contribution in [2.24, 2.45) is 23.1 Å². The lowest BCUT2D eigenvalue weighted by Gasteiger charge is -2.39. The Bertz CT molecular complexity index is 760. The summed E-state index contributed by atoms with van der Waals surface area (Å²) < 4.78 is 10.8. The monoisotopic (exact) mass is 365 g/mol. The summed E-state index contributed by atoms with van der Waals surface area (Å²) in [7, 11) is 3.02. The van der Waals surface area contributed by atoms with Crippen molar-refractivity contribution < 1.29 is 23.9 Å². The largest absolute Gasteiger partial charge is 0.449 e. The van der Waals surface area contributed by atoms with Crippen molar-refractivity contribution in [2.75, 3.05) is 27.3 Å². The van der Waals surface area contributed by atoms with E-state index in [1.54, 1.807) is 0 Å². The number of carbonyl (C=O) groups excluding carboxylic acids is 3. The zero-order chi connectivity index (χ0) is 19.4. The minimum atomic E-state index is -0.957. The maximum atomic E-state index is 12.8. The summed E-state index contributed by atoms with van der Waals surface area (Å²) in [5.41, 5.74) is 15.2. The molecule has 0 aromatic heterocycles. The average molecular weight is 365 g/mol. The van der Waals surface area contributed by atoms with E-state index in [1.807, 2.05) is 4.90 Å². The Labute approximate surface area is 150 Å². The van der Waals surface area contributed by atoms with Crippen molar-refractivity contribution in [2.45, 2.75) is 24.7 Å². The number of primary amides is 1. The molecule has 1 amide bonds. The number of methoxy groups -OCH3 is 1. The molecule has 10 heteroatoms. The Morgan fingerprint density at radius 1 is 1.35 bits per heavy atom. The molecule has 0 aromatic rings. The van der Waals surface area contributed by atoms with Gasteiger partial charge in [0.05, 0.1) is 23.4 Å². The number of rotatable bonds is 3. The van der Waals surface area contributed by atoms with Gasteiger partial charge in [-0.2, -0.15) is 0 Å². The van der Waals surface area contributed by atoms with Gasteiger partial charge in [-0.05, 0) is 14.0 Å². The fourth-order valence-corrected chi connectivity index (χ4v) is 4.31. The Morgan fingerprint density at radius 2 is 2.00 bits per heavy atom. The van der Waals surface area contributed by atoms with E-state index in [-0.39, 0.29) is 41.3 Å². The van der Waals surface area contributed by atoms with Crippen molar-refractivity contribution in [3.63, 3.8) is 0 Å². The van der Waals surface area contributed by atoms with Gasteiger partial charge in [0.2, 0.25) is 11.6 Å². The number of nitrogens with zero attached hydrogens (tertiary/aromatic N) is 1. The predicted octanol–water partition coefficient (Wildman–Crippen LogP) is -2.08. The highest BCUT2D eigenvalue weighted by Crippen LogP contribution is 2.55. The molecule has 0 saturated carbocycles. The number of nitrogens with two attached hydrogens (primary N) is 3. The number of ketones is 2. The number of nitrogens with one attached hydrogen (secondary N) is 1. The Hall–Kier alpha value is -2.43. The van der Waals surface area contributed by atoms with Gasteiger partial charge in [0, 0.05) is 30.8 Å². The molecule has 4 rings (SSSR count). The molecular formula is C16H23N5O5. The first kappa shape index (κ1) is 18.4. The molecule has 0 aromatic carbocycles. The number of allylic oxidation sites excluding steroid dienone is 2. The summed E-state index contributed by atoms with van der Waals surface area (Å²) in [5, 5.41) is 3.28. The molecule has 3 heterocycles. The van der Waals surface area contributed by atoms with Crippen LogP contribution in [-0.2, 0) is 19.1 Å².